The lowest BCUT2D eigenvalue weighted by molar-refractivity contribution is 0.0527. The largest absolute Gasteiger partial charge is 0.462 e. The molecule has 0 saturated heterocycles. The second-order valence-corrected chi connectivity index (χ2v) is 5.38. The fourth-order valence-corrected chi connectivity index (χ4v) is 2.41. The first kappa shape index (κ1) is 15.7. The van der Waals surface area contributed by atoms with Crippen LogP contribution in [0, 0.1) is 5.92 Å². The molecule has 5 heteroatoms. The van der Waals surface area contributed by atoms with Crippen LogP contribution in [0.5, 0.6) is 0 Å². The fourth-order valence-electron chi connectivity index (χ4n) is 1.72. The lowest BCUT2D eigenvalue weighted by atomic mass is 10.1. The summed E-state index contributed by atoms with van der Waals surface area (Å²) in [5, 5.41) is 3.29. The van der Waals surface area contributed by atoms with Crippen molar-refractivity contribution in [3.8, 4) is 0 Å². The number of esters is 1. The van der Waals surface area contributed by atoms with Gasteiger partial charge in [0.25, 0.3) is 0 Å². The Labute approximate surface area is 119 Å². The van der Waals surface area contributed by atoms with Crippen LogP contribution in [-0.4, -0.2) is 31.1 Å². The zero-order valence-electron chi connectivity index (χ0n) is 11.7. The summed E-state index contributed by atoms with van der Waals surface area (Å²) >= 11 is 1.81. The number of nitrogen functional groups attached to an aromatic ring is 1. The zero-order valence-corrected chi connectivity index (χ0v) is 12.5. The number of carbonyl (C=O) groups excluding carboxylic acids is 1. The van der Waals surface area contributed by atoms with E-state index < -0.39 is 0 Å². The Kier molecular flexibility index (Phi) is 6.56. The number of carbonyl (C=O) groups is 1. The molecule has 0 aliphatic rings. The number of thioether (sulfide) groups is 1. The minimum atomic E-state index is -0.338. The van der Waals surface area contributed by atoms with Gasteiger partial charge in [-0.3, -0.25) is 0 Å². The van der Waals surface area contributed by atoms with E-state index in [-0.39, 0.29) is 5.97 Å². The Morgan fingerprint density at radius 1 is 1.53 bits per heavy atom. The molecule has 0 heterocycles. The molecular weight excluding hydrogens is 260 g/mol. The minimum absolute atomic E-state index is 0.338. The van der Waals surface area contributed by atoms with Crippen molar-refractivity contribution in [1.82, 2.24) is 0 Å². The van der Waals surface area contributed by atoms with Crippen molar-refractivity contribution < 1.29 is 9.53 Å². The molecule has 0 amide bonds. The third kappa shape index (κ3) is 5.03. The average molecular weight is 282 g/mol. The van der Waals surface area contributed by atoms with Gasteiger partial charge in [0.15, 0.2) is 0 Å². The van der Waals surface area contributed by atoms with Gasteiger partial charge >= 0.3 is 5.97 Å². The number of ether oxygens (including phenoxy) is 1. The summed E-state index contributed by atoms with van der Waals surface area (Å²) in [4.78, 5) is 11.9. The highest BCUT2D eigenvalue weighted by Crippen LogP contribution is 2.20. The Hall–Kier alpha value is -1.36. The normalized spacial score (nSPS) is 11.9. The molecule has 1 rings (SSSR count). The van der Waals surface area contributed by atoms with E-state index in [1.54, 1.807) is 19.1 Å². The van der Waals surface area contributed by atoms with E-state index in [9.17, 15) is 4.79 Å². The summed E-state index contributed by atoms with van der Waals surface area (Å²) in [6.45, 7) is 5.13. The smallest absolute Gasteiger partial charge is 0.340 e. The molecule has 19 heavy (non-hydrogen) atoms. The van der Waals surface area contributed by atoms with Crippen LogP contribution >= 0.6 is 11.8 Å². The molecule has 106 valence electrons. The lowest BCUT2D eigenvalue weighted by Gasteiger charge is -2.15. The monoisotopic (exact) mass is 282 g/mol. The van der Waals surface area contributed by atoms with Crippen LogP contribution in [0.25, 0.3) is 0 Å². The molecule has 1 atom stereocenters. The van der Waals surface area contributed by atoms with Gasteiger partial charge in [0.2, 0.25) is 0 Å². The molecule has 0 fully saturated rings. The zero-order chi connectivity index (χ0) is 14.3. The number of anilines is 2. The van der Waals surface area contributed by atoms with Crippen molar-refractivity contribution in [3.63, 3.8) is 0 Å². The second-order valence-electron chi connectivity index (χ2n) is 4.47. The first-order valence-electron chi connectivity index (χ1n) is 6.38. The Bertz CT molecular complexity index is 424. The van der Waals surface area contributed by atoms with E-state index in [1.165, 1.54) is 0 Å². The molecule has 1 aromatic rings. The van der Waals surface area contributed by atoms with E-state index in [1.807, 2.05) is 17.8 Å². The molecule has 0 aliphatic carbocycles. The Morgan fingerprint density at radius 2 is 2.26 bits per heavy atom. The van der Waals surface area contributed by atoms with Gasteiger partial charge in [-0.15, -0.1) is 0 Å². The van der Waals surface area contributed by atoms with E-state index in [0.717, 1.165) is 18.0 Å². The number of rotatable bonds is 7. The summed E-state index contributed by atoms with van der Waals surface area (Å²) < 4.78 is 5.04. The minimum Gasteiger partial charge on any atom is -0.462 e. The van der Waals surface area contributed by atoms with Crippen LogP contribution in [0.15, 0.2) is 18.2 Å². The van der Waals surface area contributed by atoms with Gasteiger partial charge in [0.05, 0.1) is 12.2 Å². The Morgan fingerprint density at radius 3 is 2.89 bits per heavy atom. The van der Waals surface area contributed by atoms with Crippen LogP contribution < -0.4 is 11.1 Å². The van der Waals surface area contributed by atoms with E-state index in [0.29, 0.717) is 23.8 Å². The third-order valence-electron chi connectivity index (χ3n) is 2.63. The first-order chi connectivity index (χ1) is 9.08. The quantitative estimate of drug-likeness (QED) is 0.594. The van der Waals surface area contributed by atoms with Gasteiger partial charge in [0, 0.05) is 17.9 Å². The molecule has 0 radical (unpaired) electrons. The standard InChI is InChI=1S/C14H22N2O2S/c1-4-18-14(17)12-7-11(15)5-6-13(12)16-8-10(2)9-19-3/h5-7,10,16H,4,8-9,15H2,1-3H3. The molecular formula is C14H22N2O2S. The number of hydrogen-bond donors (Lipinski definition) is 2. The number of hydrogen-bond acceptors (Lipinski definition) is 5. The number of benzene rings is 1. The molecule has 3 N–H and O–H groups in total. The Balaban J connectivity index is 2.79. The summed E-state index contributed by atoms with van der Waals surface area (Å²) in [6.07, 6.45) is 2.09. The molecule has 0 bridgehead atoms. The topological polar surface area (TPSA) is 64.3 Å². The molecule has 1 aromatic carbocycles. The first-order valence-corrected chi connectivity index (χ1v) is 7.77. The molecule has 4 nitrogen and oxygen atoms in total. The number of nitrogens with one attached hydrogen (secondary N) is 1. The maximum absolute atomic E-state index is 11.9. The lowest BCUT2D eigenvalue weighted by Crippen LogP contribution is -2.16. The maximum Gasteiger partial charge on any atom is 0.340 e. The van der Waals surface area contributed by atoms with Crippen LogP contribution in [0.4, 0.5) is 11.4 Å². The predicted octanol–water partition coefficient (Wildman–Crippen LogP) is 2.86. The van der Waals surface area contributed by atoms with Crippen molar-refractivity contribution in [1.29, 1.82) is 0 Å². The summed E-state index contributed by atoms with van der Waals surface area (Å²) in [7, 11) is 0. The third-order valence-corrected chi connectivity index (χ3v) is 3.53. The highest BCUT2D eigenvalue weighted by molar-refractivity contribution is 7.98. The molecule has 0 saturated carbocycles. The van der Waals surface area contributed by atoms with Crippen LogP contribution in [-0.2, 0) is 4.74 Å². The van der Waals surface area contributed by atoms with Crippen molar-refractivity contribution in [2.75, 3.05) is 36.2 Å². The average Bonchev–Trinajstić information content (AvgIpc) is 2.38. The summed E-state index contributed by atoms with van der Waals surface area (Å²) in [5.74, 6) is 1.27. The summed E-state index contributed by atoms with van der Waals surface area (Å²) in [5.41, 5.74) is 7.56. The van der Waals surface area contributed by atoms with Crippen LogP contribution in [0.2, 0.25) is 0 Å². The van der Waals surface area contributed by atoms with Gasteiger partial charge in [-0.05, 0) is 43.0 Å². The van der Waals surface area contributed by atoms with Gasteiger partial charge in [-0.2, -0.15) is 11.8 Å². The summed E-state index contributed by atoms with van der Waals surface area (Å²) in [6, 6.07) is 5.26. The second kappa shape index (κ2) is 7.94. The highest BCUT2D eigenvalue weighted by Gasteiger charge is 2.13. The molecule has 0 aliphatic heterocycles. The van der Waals surface area contributed by atoms with Gasteiger partial charge in [-0.1, -0.05) is 6.92 Å². The molecule has 0 spiro atoms. The van der Waals surface area contributed by atoms with Crippen molar-refractivity contribution in [2.45, 2.75) is 13.8 Å². The SMILES string of the molecule is CCOC(=O)c1cc(N)ccc1NCC(C)CSC. The van der Waals surface area contributed by atoms with Gasteiger partial charge in [0.1, 0.15) is 0 Å². The van der Waals surface area contributed by atoms with Crippen molar-refractivity contribution in [3.05, 3.63) is 23.8 Å². The van der Waals surface area contributed by atoms with Gasteiger partial charge < -0.3 is 15.8 Å². The van der Waals surface area contributed by atoms with Crippen LogP contribution in [0.1, 0.15) is 24.2 Å². The van der Waals surface area contributed by atoms with E-state index >= 15 is 0 Å². The molecule has 1 unspecified atom stereocenters. The molecule has 0 aromatic heterocycles. The van der Waals surface area contributed by atoms with E-state index in [4.69, 9.17) is 10.5 Å². The maximum atomic E-state index is 11.9. The van der Waals surface area contributed by atoms with E-state index in [2.05, 4.69) is 18.5 Å². The highest BCUT2D eigenvalue weighted by atomic mass is 32.2. The van der Waals surface area contributed by atoms with Crippen LogP contribution in [0.3, 0.4) is 0 Å². The fraction of sp³-hybridized carbons (Fsp3) is 0.500. The predicted molar refractivity (Wildman–Crippen MR) is 82.8 cm³/mol. The number of nitrogens with two attached hydrogens (primary N) is 1. The van der Waals surface area contributed by atoms with Gasteiger partial charge in [-0.25, -0.2) is 4.79 Å². The van der Waals surface area contributed by atoms with Crippen molar-refractivity contribution >= 4 is 29.1 Å². The van der Waals surface area contributed by atoms with Crippen molar-refractivity contribution in [2.24, 2.45) is 5.92 Å².